The summed E-state index contributed by atoms with van der Waals surface area (Å²) in [6.07, 6.45) is 2.01. The van der Waals surface area contributed by atoms with Gasteiger partial charge in [-0.1, -0.05) is 12.1 Å². The van der Waals surface area contributed by atoms with Crippen molar-refractivity contribution >= 4 is 11.6 Å². The van der Waals surface area contributed by atoms with E-state index in [1.165, 1.54) is 6.07 Å². The van der Waals surface area contributed by atoms with Crippen LogP contribution < -0.4 is 24.8 Å². The minimum atomic E-state index is -0.208. The lowest BCUT2D eigenvalue weighted by atomic mass is 9.96. The third-order valence-electron chi connectivity index (χ3n) is 5.10. The predicted octanol–water partition coefficient (Wildman–Crippen LogP) is 3.96. The Kier molecular flexibility index (Phi) is 6.46. The molecule has 156 valence electrons. The standard InChI is InChI=1S/C22H28FN3O3/c1-5-24-21(25-14-22(9-10-22)15-7-6-8-16(23)11-15)26-17-12-18(27-2)20(29-4)19(13-17)28-3/h6-8,11-13H,5,9-10,14H2,1-4H3,(H2,24,25,26). The molecule has 6 nitrogen and oxygen atoms in total. The number of methoxy groups -OCH3 is 3. The van der Waals surface area contributed by atoms with Crippen LogP contribution in [0.4, 0.5) is 10.1 Å². The molecule has 1 saturated carbocycles. The number of aliphatic imine (C=N–C) groups is 1. The molecule has 3 rings (SSSR count). The highest BCUT2D eigenvalue weighted by molar-refractivity contribution is 5.94. The van der Waals surface area contributed by atoms with Gasteiger partial charge in [0.15, 0.2) is 17.5 Å². The smallest absolute Gasteiger partial charge is 0.203 e. The number of nitrogens with one attached hydrogen (secondary N) is 2. The Morgan fingerprint density at radius 2 is 1.76 bits per heavy atom. The first-order chi connectivity index (χ1) is 14.0. The van der Waals surface area contributed by atoms with Crippen LogP contribution in [0.5, 0.6) is 17.2 Å². The molecule has 1 aliphatic rings. The molecule has 0 saturated heterocycles. The van der Waals surface area contributed by atoms with Crippen molar-refractivity contribution in [3.05, 3.63) is 47.8 Å². The second-order valence-electron chi connectivity index (χ2n) is 7.02. The molecule has 2 N–H and O–H groups in total. The van der Waals surface area contributed by atoms with Gasteiger partial charge >= 0.3 is 0 Å². The molecular formula is C22H28FN3O3. The second kappa shape index (κ2) is 9.03. The zero-order valence-corrected chi connectivity index (χ0v) is 17.3. The van der Waals surface area contributed by atoms with Gasteiger partial charge in [0.2, 0.25) is 5.75 Å². The van der Waals surface area contributed by atoms with Crippen molar-refractivity contribution in [3.63, 3.8) is 0 Å². The summed E-state index contributed by atoms with van der Waals surface area (Å²) < 4.78 is 29.8. The van der Waals surface area contributed by atoms with Crippen LogP contribution in [0.3, 0.4) is 0 Å². The highest BCUT2D eigenvalue weighted by Gasteiger charge is 2.44. The molecule has 1 aliphatic carbocycles. The first-order valence-corrected chi connectivity index (χ1v) is 9.66. The number of benzene rings is 2. The van der Waals surface area contributed by atoms with Crippen LogP contribution in [0.1, 0.15) is 25.3 Å². The van der Waals surface area contributed by atoms with E-state index in [0.717, 1.165) is 24.1 Å². The Labute approximate surface area is 171 Å². The number of rotatable bonds is 8. The van der Waals surface area contributed by atoms with Crippen LogP contribution in [0.2, 0.25) is 0 Å². The topological polar surface area (TPSA) is 64.1 Å². The number of ether oxygens (including phenoxy) is 3. The molecule has 0 spiro atoms. The lowest BCUT2D eigenvalue weighted by molar-refractivity contribution is 0.324. The minimum Gasteiger partial charge on any atom is -0.493 e. The van der Waals surface area contributed by atoms with E-state index in [-0.39, 0.29) is 11.2 Å². The maximum absolute atomic E-state index is 13.6. The van der Waals surface area contributed by atoms with Gasteiger partial charge in [0.1, 0.15) is 5.82 Å². The van der Waals surface area contributed by atoms with Crippen LogP contribution in [-0.4, -0.2) is 40.4 Å². The summed E-state index contributed by atoms with van der Waals surface area (Å²) in [5.41, 5.74) is 1.68. The molecular weight excluding hydrogens is 373 g/mol. The van der Waals surface area contributed by atoms with E-state index >= 15 is 0 Å². The van der Waals surface area contributed by atoms with Crippen molar-refractivity contribution < 1.29 is 18.6 Å². The summed E-state index contributed by atoms with van der Waals surface area (Å²) in [6.45, 7) is 3.30. The van der Waals surface area contributed by atoms with Gasteiger partial charge in [0, 0.05) is 29.8 Å². The molecule has 1 fully saturated rings. The minimum absolute atomic E-state index is 0.0836. The largest absolute Gasteiger partial charge is 0.493 e. The molecule has 0 heterocycles. The van der Waals surface area contributed by atoms with Crippen LogP contribution in [-0.2, 0) is 5.41 Å². The summed E-state index contributed by atoms with van der Waals surface area (Å²) in [7, 11) is 4.73. The van der Waals surface area contributed by atoms with Gasteiger partial charge < -0.3 is 24.8 Å². The quantitative estimate of drug-likeness (QED) is 0.518. The van der Waals surface area contributed by atoms with Gasteiger partial charge in [0.05, 0.1) is 27.9 Å². The molecule has 2 aromatic carbocycles. The lowest BCUT2D eigenvalue weighted by Crippen LogP contribution is -2.31. The number of anilines is 1. The van der Waals surface area contributed by atoms with Crippen LogP contribution in [0, 0.1) is 5.82 Å². The average molecular weight is 401 g/mol. The number of guanidine groups is 1. The number of hydrogen-bond donors (Lipinski definition) is 2. The summed E-state index contributed by atoms with van der Waals surface area (Å²) in [4.78, 5) is 4.76. The zero-order valence-electron chi connectivity index (χ0n) is 17.3. The molecule has 0 radical (unpaired) electrons. The van der Waals surface area contributed by atoms with Crippen molar-refractivity contribution in [2.45, 2.75) is 25.2 Å². The van der Waals surface area contributed by atoms with Gasteiger partial charge in [-0.25, -0.2) is 4.39 Å². The third-order valence-corrected chi connectivity index (χ3v) is 5.10. The third kappa shape index (κ3) is 4.72. The van der Waals surface area contributed by atoms with Crippen LogP contribution >= 0.6 is 0 Å². The predicted molar refractivity (Wildman–Crippen MR) is 113 cm³/mol. The van der Waals surface area contributed by atoms with Crippen molar-refractivity contribution in [2.24, 2.45) is 4.99 Å². The van der Waals surface area contributed by atoms with E-state index in [4.69, 9.17) is 19.2 Å². The second-order valence-corrected chi connectivity index (χ2v) is 7.02. The fraction of sp³-hybridized carbons (Fsp3) is 0.409. The summed E-state index contributed by atoms with van der Waals surface area (Å²) in [5.74, 6) is 2.09. The molecule has 29 heavy (non-hydrogen) atoms. The number of hydrogen-bond acceptors (Lipinski definition) is 4. The maximum Gasteiger partial charge on any atom is 0.203 e. The first kappa shape index (κ1) is 20.8. The first-order valence-electron chi connectivity index (χ1n) is 9.66. The van der Waals surface area contributed by atoms with Gasteiger partial charge in [-0.05, 0) is 37.5 Å². The van der Waals surface area contributed by atoms with E-state index in [2.05, 4.69) is 10.6 Å². The Bertz CT molecular complexity index is 856. The Morgan fingerprint density at radius 3 is 2.28 bits per heavy atom. The van der Waals surface area contributed by atoms with Gasteiger partial charge in [-0.3, -0.25) is 4.99 Å². The van der Waals surface area contributed by atoms with E-state index in [9.17, 15) is 4.39 Å². The average Bonchev–Trinajstić information content (AvgIpc) is 3.52. The van der Waals surface area contributed by atoms with E-state index < -0.39 is 0 Å². The Hall–Kier alpha value is -2.96. The van der Waals surface area contributed by atoms with Crippen molar-refractivity contribution in [3.8, 4) is 17.2 Å². The van der Waals surface area contributed by atoms with Gasteiger partial charge in [-0.2, -0.15) is 0 Å². The monoisotopic (exact) mass is 401 g/mol. The van der Waals surface area contributed by atoms with Crippen molar-refractivity contribution in [2.75, 3.05) is 39.7 Å². The fourth-order valence-electron chi connectivity index (χ4n) is 3.33. The Morgan fingerprint density at radius 1 is 1.07 bits per heavy atom. The lowest BCUT2D eigenvalue weighted by Gasteiger charge is -2.18. The van der Waals surface area contributed by atoms with E-state index in [0.29, 0.717) is 36.3 Å². The van der Waals surface area contributed by atoms with Crippen LogP contribution in [0.15, 0.2) is 41.4 Å². The Balaban J connectivity index is 1.82. The molecule has 2 aromatic rings. The molecule has 7 heteroatoms. The SMILES string of the molecule is CCNC(=NCC1(c2cccc(F)c2)CC1)Nc1cc(OC)c(OC)c(OC)c1. The van der Waals surface area contributed by atoms with Crippen LogP contribution in [0.25, 0.3) is 0 Å². The van der Waals surface area contributed by atoms with Crippen molar-refractivity contribution in [1.29, 1.82) is 0 Å². The zero-order chi connectivity index (χ0) is 20.9. The maximum atomic E-state index is 13.6. The highest BCUT2D eigenvalue weighted by atomic mass is 19.1. The van der Waals surface area contributed by atoms with Gasteiger partial charge in [0.25, 0.3) is 0 Å². The van der Waals surface area contributed by atoms with Gasteiger partial charge in [-0.15, -0.1) is 0 Å². The number of halogens is 1. The normalized spacial score (nSPS) is 14.9. The molecule has 0 aromatic heterocycles. The van der Waals surface area contributed by atoms with Crippen molar-refractivity contribution in [1.82, 2.24) is 5.32 Å². The van der Waals surface area contributed by atoms with E-state index in [1.54, 1.807) is 33.5 Å². The summed E-state index contributed by atoms with van der Waals surface area (Å²) in [5, 5.41) is 6.54. The molecule has 0 atom stereocenters. The highest BCUT2D eigenvalue weighted by Crippen LogP contribution is 2.48. The molecule has 0 unspecified atom stereocenters. The summed E-state index contributed by atoms with van der Waals surface area (Å²) >= 11 is 0. The summed E-state index contributed by atoms with van der Waals surface area (Å²) in [6, 6.07) is 10.5. The fourth-order valence-corrected chi connectivity index (χ4v) is 3.33. The molecule has 0 amide bonds. The number of nitrogens with zero attached hydrogens (tertiary/aromatic N) is 1. The molecule has 0 aliphatic heterocycles. The molecule has 0 bridgehead atoms. The van der Waals surface area contributed by atoms with E-state index in [1.807, 2.05) is 25.1 Å².